The number of carbonyl (C=O) groups excluding carboxylic acids is 2. The lowest BCUT2D eigenvalue weighted by Gasteiger charge is -2.12. The van der Waals surface area contributed by atoms with Gasteiger partial charge >= 0.3 is 5.97 Å². The maximum absolute atomic E-state index is 12.9. The Morgan fingerprint density at radius 3 is 2.78 bits per heavy atom. The third-order valence-corrected chi connectivity index (χ3v) is 8.36. The van der Waals surface area contributed by atoms with E-state index in [9.17, 15) is 9.59 Å². The minimum absolute atomic E-state index is 0.123. The second kappa shape index (κ2) is 12.4. The Hall–Kier alpha value is -3.11. The molecule has 0 fully saturated rings. The number of benzene rings is 1. The number of thioether (sulfide) groups is 1. The van der Waals surface area contributed by atoms with Crippen LogP contribution in [0.3, 0.4) is 0 Å². The van der Waals surface area contributed by atoms with E-state index >= 15 is 0 Å². The van der Waals surface area contributed by atoms with E-state index in [1.807, 2.05) is 29.7 Å². The molecule has 0 spiro atoms. The van der Waals surface area contributed by atoms with Gasteiger partial charge in [0.05, 0.1) is 17.9 Å². The molecule has 2 aromatic heterocycles. The molecule has 0 saturated carbocycles. The number of hydrogen-bond acceptors (Lipinski definition) is 8. The number of anilines is 1. The summed E-state index contributed by atoms with van der Waals surface area (Å²) in [6.07, 6.45) is 5.65. The molecule has 1 N–H and O–H groups in total. The molecule has 1 aliphatic rings. The molecule has 37 heavy (non-hydrogen) atoms. The average Bonchev–Trinajstić information content (AvgIpc) is 3.44. The van der Waals surface area contributed by atoms with Crippen LogP contribution < -0.4 is 10.1 Å². The van der Waals surface area contributed by atoms with Gasteiger partial charge in [0.25, 0.3) is 0 Å². The number of allylic oxidation sites excluding steroid dienone is 1. The second-order valence-electron chi connectivity index (χ2n) is 8.81. The number of fused-ring (bicyclic) bond motifs is 1. The number of thiophene rings is 1. The molecule has 3 aromatic rings. The maximum Gasteiger partial charge on any atom is 0.341 e. The Balaban J connectivity index is 1.42. The SMILES string of the molecule is C=CCn1c(COc2ccc(C)c(C)c2)nnc1SCC(=O)Nc1sc2c(c1C(=O)OCC)CCCC2. The molecule has 1 amide bonds. The van der Waals surface area contributed by atoms with Crippen molar-refractivity contribution in [1.82, 2.24) is 14.8 Å². The van der Waals surface area contributed by atoms with Gasteiger partial charge in [0.2, 0.25) is 5.91 Å². The van der Waals surface area contributed by atoms with E-state index in [4.69, 9.17) is 9.47 Å². The van der Waals surface area contributed by atoms with E-state index < -0.39 is 0 Å². The van der Waals surface area contributed by atoms with Gasteiger partial charge in [-0.25, -0.2) is 4.79 Å². The van der Waals surface area contributed by atoms with Crippen LogP contribution in [0.15, 0.2) is 36.0 Å². The topological polar surface area (TPSA) is 95.3 Å². The minimum atomic E-state index is -0.371. The lowest BCUT2D eigenvalue weighted by atomic mass is 9.95. The van der Waals surface area contributed by atoms with Gasteiger partial charge in [-0.3, -0.25) is 9.36 Å². The summed E-state index contributed by atoms with van der Waals surface area (Å²) in [4.78, 5) is 26.7. The Labute approximate surface area is 225 Å². The third-order valence-electron chi connectivity index (χ3n) is 6.19. The van der Waals surface area contributed by atoms with Crippen LogP contribution in [0.5, 0.6) is 5.75 Å². The number of esters is 1. The molecule has 0 bridgehead atoms. The fourth-order valence-electron chi connectivity index (χ4n) is 4.16. The number of nitrogens with zero attached hydrogens (tertiary/aromatic N) is 3. The fraction of sp³-hybridized carbons (Fsp3) is 0.407. The Morgan fingerprint density at radius 2 is 2.03 bits per heavy atom. The van der Waals surface area contributed by atoms with Crippen molar-refractivity contribution in [3.05, 3.63) is 63.8 Å². The van der Waals surface area contributed by atoms with Crippen molar-refractivity contribution in [3.8, 4) is 5.75 Å². The summed E-state index contributed by atoms with van der Waals surface area (Å²) in [5, 5.41) is 12.7. The molecule has 1 aliphatic carbocycles. The molecule has 0 radical (unpaired) electrons. The van der Waals surface area contributed by atoms with Crippen LogP contribution in [0.4, 0.5) is 5.00 Å². The van der Waals surface area contributed by atoms with Crippen LogP contribution in [0.2, 0.25) is 0 Å². The third kappa shape index (κ3) is 6.42. The normalized spacial score (nSPS) is 12.6. The van der Waals surface area contributed by atoms with Crippen molar-refractivity contribution >= 4 is 40.0 Å². The van der Waals surface area contributed by atoms with Crippen LogP contribution >= 0.6 is 23.1 Å². The number of nitrogens with one attached hydrogen (secondary N) is 1. The molecular formula is C27H32N4O4S2. The van der Waals surface area contributed by atoms with Gasteiger partial charge in [-0.1, -0.05) is 23.9 Å². The zero-order chi connectivity index (χ0) is 26.4. The number of aromatic nitrogens is 3. The number of hydrogen-bond donors (Lipinski definition) is 1. The molecule has 0 saturated heterocycles. The summed E-state index contributed by atoms with van der Waals surface area (Å²) >= 11 is 2.77. The van der Waals surface area contributed by atoms with Crippen molar-refractivity contribution in [2.24, 2.45) is 0 Å². The predicted molar refractivity (Wildman–Crippen MR) is 147 cm³/mol. The lowest BCUT2D eigenvalue weighted by Crippen LogP contribution is -2.17. The highest BCUT2D eigenvalue weighted by Crippen LogP contribution is 2.38. The molecule has 196 valence electrons. The van der Waals surface area contributed by atoms with E-state index in [0.29, 0.717) is 34.7 Å². The van der Waals surface area contributed by atoms with Crippen LogP contribution in [0.25, 0.3) is 0 Å². The highest BCUT2D eigenvalue weighted by atomic mass is 32.2. The van der Waals surface area contributed by atoms with Crippen molar-refractivity contribution in [1.29, 1.82) is 0 Å². The predicted octanol–water partition coefficient (Wildman–Crippen LogP) is 5.51. The van der Waals surface area contributed by atoms with Gasteiger partial charge < -0.3 is 14.8 Å². The van der Waals surface area contributed by atoms with Gasteiger partial charge in [-0.2, -0.15) is 0 Å². The zero-order valence-corrected chi connectivity index (χ0v) is 23.1. The van der Waals surface area contributed by atoms with Crippen LogP contribution in [0, 0.1) is 13.8 Å². The van der Waals surface area contributed by atoms with Crippen LogP contribution in [-0.4, -0.2) is 39.0 Å². The fourth-order valence-corrected chi connectivity index (χ4v) is 6.22. The first-order valence-corrected chi connectivity index (χ1v) is 14.2. The van der Waals surface area contributed by atoms with E-state index in [2.05, 4.69) is 29.0 Å². The van der Waals surface area contributed by atoms with Crippen molar-refractivity contribution in [3.63, 3.8) is 0 Å². The van der Waals surface area contributed by atoms with E-state index in [1.165, 1.54) is 28.7 Å². The van der Waals surface area contributed by atoms with Crippen molar-refractivity contribution < 1.29 is 19.1 Å². The molecule has 4 rings (SSSR count). The molecule has 0 unspecified atom stereocenters. The maximum atomic E-state index is 12.9. The number of carbonyl (C=O) groups is 2. The molecule has 0 aliphatic heterocycles. The summed E-state index contributed by atoms with van der Waals surface area (Å²) in [5.74, 6) is 0.953. The minimum Gasteiger partial charge on any atom is -0.486 e. The summed E-state index contributed by atoms with van der Waals surface area (Å²) < 4.78 is 13.1. The highest BCUT2D eigenvalue weighted by molar-refractivity contribution is 7.99. The molecular weight excluding hydrogens is 508 g/mol. The monoisotopic (exact) mass is 540 g/mol. The largest absolute Gasteiger partial charge is 0.486 e. The molecule has 10 heteroatoms. The van der Waals surface area contributed by atoms with E-state index in [0.717, 1.165) is 47.4 Å². The number of ether oxygens (including phenoxy) is 2. The standard InChI is InChI=1S/C27H32N4O4S2/c1-5-13-31-22(15-35-19-12-11-17(3)18(4)14-19)29-30-27(31)36-16-23(32)28-25-24(26(33)34-6-2)20-9-7-8-10-21(20)37-25/h5,11-12,14H,1,6-10,13,15-16H2,2-4H3,(H,28,32). The van der Waals surface area contributed by atoms with Crippen molar-refractivity contribution in [2.75, 3.05) is 17.7 Å². The second-order valence-corrected chi connectivity index (χ2v) is 10.9. The first kappa shape index (κ1) is 26.9. The van der Waals surface area contributed by atoms with Crippen LogP contribution in [-0.2, 0) is 35.5 Å². The summed E-state index contributed by atoms with van der Waals surface area (Å²) in [6.45, 7) is 10.8. The Morgan fingerprint density at radius 1 is 1.22 bits per heavy atom. The van der Waals surface area contributed by atoms with Gasteiger partial charge in [0.1, 0.15) is 17.4 Å². The summed E-state index contributed by atoms with van der Waals surface area (Å²) in [5.41, 5.74) is 3.90. The molecule has 2 heterocycles. The average molecular weight is 541 g/mol. The summed E-state index contributed by atoms with van der Waals surface area (Å²) in [7, 11) is 0. The number of rotatable bonds is 11. The van der Waals surface area contributed by atoms with Gasteiger partial charge in [0.15, 0.2) is 11.0 Å². The summed E-state index contributed by atoms with van der Waals surface area (Å²) in [6, 6.07) is 5.95. The van der Waals surface area contributed by atoms with Crippen LogP contribution in [0.1, 0.15) is 57.5 Å². The van der Waals surface area contributed by atoms with Gasteiger partial charge in [-0.05, 0) is 75.3 Å². The first-order valence-electron chi connectivity index (χ1n) is 12.4. The smallest absolute Gasteiger partial charge is 0.341 e. The highest BCUT2D eigenvalue weighted by Gasteiger charge is 2.27. The van der Waals surface area contributed by atoms with Gasteiger partial charge in [0, 0.05) is 11.4 Å². The molecule has 0 atom stereocenters. The van der Waals surface area contributed by atoms with Crippen molar-refractivity contribution in [2.45, 2.75) is 64.8 Å². The first-order chi connectivity index (χ1) is 17.9. The molecule has 1 aromatic carbocycles. The quantitative estimate of drug-likeness (QED) is 0.195. The Bertz CT molecular complexity index is 1300. The Kier molecular flexibility index (Phi) is 9.04. The zero-order valence-electron chi connectivity index (χ0n) is 21.5. The molecule has 8 nitrogen and oxygen atoms in total. The van der Waals surface area contributed by atoms with Gasteiger partial charge in [-0.15, -0.1) is 28.1 Å². The van der Waals surface area contributed by atoms with E-state index in [-0.39, 0.29) is 24.2 Å². The number of aryl methyl sites for hydroxylation is 3. The lowest BCUT2D eigenvalue weighted by molar-refractivity contribution is -0.113. The van der Waals surface area contributed by atoms with E-state index in [1.54, 1.807) is 13.0 Å². The number of amides is 1.